The van der Waals surface area contributed by atoms with Gasteiger partial charge in [0.2, 0.25) is 15.9 Å². The summed E-state index contributed by atoms with van der Waals surface area (Å²) >= 11 is 0. The molecule has 6 nitrogen and oxygen atoms in total. The number of carbonyl (C=O) groups excluding carboxylic acids is 1. The van der Waals surface area contributed by atoms with Gasteiger partial charge in [-0.1, -0.05) is 42.5 Å². The molecule has 0 spiro atoms. The SMILES string of the molecule is Cc1ccc(C)c(N([C@@H](C)C(=O)Nc2ccc(OCc3ccccc3)cc2)S(C)(=O)=O)c1. The maximum Gasteiger partial charge on any atom is 0.247 e. The lowest BCUT2D eigenvalue weighted by molar-refractivity contribution is -0.116. The molecule has 0 radical (unpaired) electrons. The van der Waals surface area contributed by atoms with Crippen LogP contribution in [0.3, 0.4) is 0 Å². The summed E-state index contributed by atoms with van der Waals surface area (Å²) in [5.41, 5.74) is 3.81. The Morgan fingerprint density at radius 1 is 1.00 bits per heavy atom. The van der Waals surface area contributed by atoms with Gasteiger partial charge in [-0.2, -0.15) is 0 Å². The Morgan fingerprint density at radius 2 is 1.66 bits per heavy atom. The minimum absolute atomic E-state index is 0.422. The Hall–Kier alpha value is -3.32. The number of anilines is 2. The zero-order valence-electron chi connectivity index (χ0n) is 18.7. The van der Waals surface area contributed by atoms with Gasteiger partial charge in [0.1, 0.15) is 18.4 Å². The summed E-state index contributed by atoms with van der Waals surface area (Å²) < 4.78 is 32.0. The first-order valence-corrected chi connectivity index (χ1v) is 12.1. The van der Waals surface area contributed by atoms with Gasteiger partial charge in [0.25, 0.3) is 0 Å². The van der Waals surface area contributed by atoms with Gasteiger partial charge in [-0.15, -0.1) is 0 Å². The standard InChI is InChI=1S/C25H28N2O4S/c1-18-10-11-19(2)24(16-18)27(32(4,29)30)20(3)25(28)26-22-12-14-23(15-13-22)31-17-21-8-6-5-7-9-21/h5-16,20H,17H2,1-4H3,(H,26,28)/t20-/m0/s1. The van der Waals surface area contributed by atoms with Crippen LogP contribution in [0.15, 0.2) is 72.8 Å². The second-order valence-electron chi connectivity index (χ2n) is 7.81. The molecule has 1 amide bonds. The molecule has 3 aromatic rings. The van der Waals surface area contributed by atoms with Crippen molar-refractivity contribution in [3.05, 3.63) is 89.5 Å². The van der Waals surface area contributed by atoms with E-state index in [9.17, 15) is 13.2 Å². The van der Waals surface area contributed by atoms with E-state index in [-0.39, 0.29) is 0 Å². The molecule has 0 aliphatic carbocycles. The van der Waals surface area contributed by atoms with Crippen molar-refractivity contribution in [3.63, 3.8) is 0 Å². The minimum Gasteiger partial charge on any atom is -0.489 e. The number of ether oxygens (including phenoxy) is 1. The van der Waals surface area contributed by atoms with Crippen LogP contribution in [-0.2, 0) is 21.4 Å². The molecule has 0 aliphatic rings. The zero-order valence-corrected chi connectivity index (χ0v) is 19.5. The van der Waals surface area contributed by atoms with Crippen LogP contribution in [0.2, 0.25) is 0 Å². The Kier molecular flexibility index (Phi) is 7.20. The van der Waals surface area contributed by atoms with Crippen molar-refractivity contribution in [1.29, 1.82) is 0 Å². The smallest absolute Gasteiger partial charge is 0.247 e. The lowest BCUT2D eigenvalue weighted by atomic mass is 10.1. The van der Waals surface area contributed by atoms with E-state index in [0.717, 1.165) is 22.9 Å². The molecular weight excluding hydrogens is 424 g/mol. The van der Waals surface area contributed by atoms with Gasteiger partial charge < -0.3 is 10.1 Å². The highest BCUT2D eigenvalue weighted by molar-refractivity contribution is 7.92. The third-order valence-electron chi connectivity index (χ3n) is 5.06. The number of sulfonamides is 1. The van der Waals surface area contributed by atoms with Gasteiger partial charge in [0.05, 0.1) is 11.9 Å². The molecule has 0 fully saturated rings. The number of amides is 1. The van der Waals surface area contributed by atoms with Crippen molar-refractivity contribution in [2.45, 2.75) is 33.4 Å². The Balaban J connectivity index is 1.71. The predicted molar refractivity (Wildman–Crippen MR) is 129 cm³/mol. The summed E-state index contributed by atoms with van der Waals surface area (Å²) in [6.07, 6.45) is 1.11. The molecule has 0 unspecified atom stereocenters. The molecule has 0 heterocycles. The number of nitrogens with one attached hydrogen (secondary N) is 1. The van der Waals surface area contributed by atoms with Gasteiger partial charge in [-0.25, -0.2) is 8.42 Å². The number of hydrogen-bond acceptors (Lipinski definition) is 4. The molecule has 168 valence electrons. The molecule has 0 saturated carbocycles. The number of nitrogens with zero attached hydrogens (tertiary/aromatic N) is 1. The second kappa shape index (κ2) is 9.87. The molecule has 3 aromatic carbocycles. The maximum atomic E-state index is 12.9. The van der Waals surface area contributed by atoms with Gasteiger partial charge in [0.15, 0.2) is 0 Å². The first-order chi connectivity index (χ1) is 15.1. The number of carbonyl (C=O) groups is 1. The van der Waals surface area contributed by atoms with Crippen molar-refractivity contribution in [2.75, 3.05) is 15.9 Å². The summed E-state index contributed by atoms with van der Waals surface area (Å²) in [4.78, 5) is 12.9. The summed E-state index contributed by atoms with van der Waals surface area (Å²) in [6, 6.07) is 21.4. The van der Waals surface area contributed by atoms with E-state index in [1.165, 1.54) is 4.31 Å². The van der Waals surface area contributed by atoms with Crippen molar-refractivity contribution < 1.29 is 17.9 Å². The molecule has 3 rings (SSSR count). The van der Waals surface area contributed by atoms with Crippen molar-refractivity contribution >= 4 is 27.3 Å². The third-order valence-corrected chi connectivity index (χ3v) is 6.29. The lowest BCUT2D eigenvalue weighted by Crippen LogP contribution is -2.45. The second-order valence-corrected chi connectivity index (χ2v) is 9.67. The normalized spacial score (nSPS) is 12.1. The van der Waals surface area contributed by atoms with Crippen LogP contribution in [0.1, 0.15) is 23.6 Å². The first-order valence-electron chi connectivity index (χ1n) is 10.3. The zero-order chi connectivity index (χ0) is 23.3. The van der Waals surface area contributed by atoms with E-state index in [0.29, 0.717) is 23.7 Å². The maximum absolute atomic E-state index is 12.9. The van der Waals surface area contributed by atoms with Gasteiger partial charge >= 0.3 is 0 Å². The van der Waals surface area contributed by atoms with Crippen LogP contribution >= 0.6 is 0 Å². The lowest BCUT2D eigenvalue weighted by Gasteiger charge is -2.29. The molecule has 0 bridgehead atoms. The van der Waals surface area contributed by atoms with E-state index in [1.54, 1.807) is 37.3 Å². The fraction of sp³-hybridized carbons (Fsp3) is 0.240. The molecule has 0 aromatic heterocycles. The number of benzene rings is 3. The molecule has 0 saturated heterocycles. The molecule has 1 N–H and O–H groups in total. The molecule has 7 heteroatoms. The summed E-state index contributed by atoms with van der Waals surface area (Å²) in [5, 5.41) is 2.80. The Bertz CT molecular complexity index is 1180. The molecule has 0 aliphatic heterocycles. The van der Waals surface area contributed by atoms with Crippen LogP contribution in [0.5, 0.6) is 5.75 Å². The monoisotopic (exact) mass is 452 g/mol. The van der Waals surface area contributed by atoms with Crippen molar-refractivity contribution in [2.24, 2.45) is 0 Å². The predicted octanol–water partition coefficient (Wildman–Crippen LogP) is 4.68. The fourth-order valence-corrected chi connectivity index (χ4v) is 4.58. The fourth-order valence-electron chi connectivity index (χ4n) is 3.36. The average Bonchev–Trinajstić information content (AvgIpc) is 2.75. The molecule has 32 heavy (non-hydrogen) atoms. The van der Waals surface area contributed by atoms with Crippen molar-refractivity contribution in [3.8, 4) is 5.75 Å². The summed E-state index contributed by atoms with van der Waals surface area (Å²) in [5.74, 6) is 0.252. The summed E-state index contributed by atoms with van der Waals surface area (Å²) in [7, 11) is -3.68. The van der Waals surface area contributed by atoms with E-state index < -0.39 is 22.0 Å². The van der Waals surface area contributed by atoms with E-state index >= 15 is 0 Å². The Labute approximate surface area is 189 Å². The third kappa shape index (κ3) is 5.88. The molecular formula is C25H28N2O4S. The Morgan fingerprint density at radius 3 is 2.28 bits per heavy atom. The minimum atomic E-state index is -3.68. The topological polar surface area (TPSA) is 75.7 Å². The van der Waals surface area contributed by atoms with Gasteiger partial charge in [-0.3, -0.25) is 9.10 Å². The van der Waals surface area contributed by atoms with Crippen LogP contribution in [-0.4, -0.2) is 26.6 Å². The number of aryl methyl sites for hydroxylation is 2. The first kappa shape index (κ1) is 23.3. The average molecular weight is 453 g/mol. The number of rotatable bonds is 8. The van der Waals surface area contributed by atoms with Crippen LogP contribution in [0.4, 0.5) is 11.4 Å². The highest BCUT2D eigenvalue weighted by atomic mass is 32.2. The van der Waals surface area contributed by atoms with E-state index in [4.69, 9.17) is 4.74 Å². The highest BCUT2D eigenvalue weighted by Crippen LogP contribution is 2.27. The molecule has 1 atom stereocenters. The largest absolute Gasteiger partial charge is 0.489 e. The van der Waals surface area contributed by atoms with Crippen molar-refractivity contribution in [1.82, 2.24) is 0 Å². The van der Waals surface area contributed by atoms with Crippen LogP contribution in [0, 0.1) is 13.8 Å². The number of hydrogen-bond donors (Lipinski definition) is 1. The summed E-state index contributed by atoms with van der Waals surface area (Å²) in [6.45, 7) is 5.74. The van der Waals surface area contributed by atoms with Crippen LogP contribution in [0.25, 0.3) is 0 Å². The van der Waals surface area contributed by atoms with E-state index in [1.807, 2.05) is 56.3 Å². The van der Waals surface area contributed by atoms with E-state index in [2.05, 4.69) is 5.32 Å². The highest BCUT2D eigenvalue weighted by Gasteiger charge is 2.30. The van der Waals surface area contributed by atoms with Crippen LogP contribution < -0.4 is 14.4 Å². The quantitative estimate of drug-likeness (QED) is 0.539. The van der Waals surface area contributed by atoms with Gasteiger partial charge in [-0.05, 0) is 67.8 Å². The van der Waals surface area contributed by atoms with Gasteiger partial charge in [0, 0.05) is 5.69 Å².